The fourth-order valence-corrected chi connectivity index (χ4v) is 2.22. The number of likely N-dealkylation sites (tertiary alicyclic amines) is 1. The van der Waals surface area contributed by atoms with Gasteiger partial charge in [-0.25, -0.2) is 0 Å². The molecule has 0 aromatic heterocycles. The lowest BCUT2D eigenvalue weighted by molar-refractivity contribution is 0.159. The summed E-state index contributed by atoms with van der Waals surface area (Å²) in [5.74, 6) is 0. The Morgan fingerprint density at radius 2 is 2.07 bits per heavy atom. The van der Waals surface area contributed by atoms with E-state index < -0.39 is 0 Å². The molecule has 14 heavy (non-hydrogen) atoms. The topological polar surface area (TPSA) is 18.5 Å². The number of hydrogen-bond donors (Lipinski definition) is 1. The molecule has 0 amide bonds. The number of nitrogens with zero attached hydrogens (tertiary/aromatic N) is 2. The normalized spacial score (nSPS) is 27.4. The Balaban J connectivity index is 2.44. The van der Waals surface area contributed by atoms with Crippen LogP contribution in [0.3, 0.4) is 0 Å². The molecule has 0 saturated carbocycles. The summed E-state index contributed by atoms with van der Waals surface area (Å²) in [5, 5.41) is 3.38. The van der Waals surface area contributed by atoms with Gasteiger partial charge in [-0.2, -0.15) is 0 Å². The van der Waals surface area contributed by atoms with Crippen LogP contribution < -0.4 is 5.32 Å². The van der Waals surface area contributed by atoms with E-state index in [4.69, 9.17) is 0 Å². The lowest BCUT2D eigenvalue weighted by Crippen LogP contribution is -2.42. The van der Waals surface area contributed by atoms with E-state index in [0.717, 1.165) is 6.54 Å². The van der Waals surface area contributed by atoms with Crippen molar-refractivity contribution in [3.8, 4) is 0 Å². The molecule has 1 rings (SSSR count). The maximum Gasteiger partial charge on any atom is 0.0209 e. The van der Waals surface area contributed by atoms with Crippen molar-refractivity contribution in [1.82, 2.24) is 15.1 Å². The molecule has 0 bridgehead atoms. The van der Waals surface area contributed by atoms with Crippen LogP contribution in [0.2, 0.25) is 0 Å². The van der Waals surface area contributed by atoms with Crippen LogP contribution in [0.5, 0.6) is 0 Å². The highest BCUT2D eigenvalue weighted by Crippen LogP contribution is 2.27. The average molecular weight is 199 g/mol. The second-order valence-corrected chi connectivity index (χ2v) is 5.25. The van der Waals surface area contributed by atoms with Crippen molar-refractivity contribution in [3.63, 3.8) is 0 Å². The maximum atomic E-state index is 3.38. The van der Waals surface area contributed by atoms with Gasteiger partial charge in [0.05, 0.1) is 0 Å². The number of nitrogens with one attached hydrogen (secondary N) is 1. The minimum Gasteiger partial charge on any atom is -0.316 e. The molecule has 84 valence electrons. The SMILES string of the molecule is CNC1CN(CCN(C)C)C(C)(C)C1. The molecule has 1 aliphatic heterocycles. The fourth-order valence-electron chi connectivity index (χ4n) is 2.22. The van der Waals surface area contributed by atoms with Gasteiger partial charge in [0.25, 0.3) is 0 Å². The van der Waals surface area contributed by atoms with Crippen molar-refractivity contribution >= 4 is 0 Å². The first-order valence-electron chi connectivity index (χ1n) is 5.53. The highest BCUT2D eigenvalue weighted by Gasteiger charge is 2.36. The minimum absolute atomic E-state index is 0.365. The third-order valence-corrected chi connectivity index (χ3v) is 3.27. The van der Waals surface area contributed by atoms with Gasteiger partial charge in [0, 0.05) is 31.2 Å². The molecule has 3 nitrogen and oxygen atoms in total. The second-order valence-electron chi connectivity index (χ2n) is 5.25. The Labute approximate surface area is 88.5 Å². The summed E-state index contributed by atoms with van der Waals surface area (Å²) in [6.45, 7) is 8.22. The van der Waals surface area contributed by atoms with Crippen molar-refractivity contribution in [2.75, 3.05) is 40.8 Å². The van der Waals surface area contributed by atoms with Gasteiger partial charge in [0.1, 0.15) is 0 Å². The highest BCUT2D eigenvalue weighted by atomic mass is 15.3. The van der Waals surface area contributed by atoms with Crippen molar-refractivity contribution in [3.05, 3.63) is 0 Å². The molecule has 0 radical (unpaired) electrons. The zero-order valence-corrected chi connectivity index (χ0v) is 10.3. The molecule has 0 aromatic rings. The van der Waals surface area contributed by atoms with Crippen molar-refractivity contribution in [1.29, 1.82) is 0 Å². The summed E-state index contributed by atoms with van der Waals surface area (Å²) >= 11 is 0. The van der Waals surface area contributed by atoms with Crippen LogP contribution in [0.25, 0.3) is 0 Å². The molecule has 1 fully saturated rings. The molecule has 0 aliphatic carbocycles. The Morgan fingerprint density at radius 1 is 1.43 bits per heavy atom. The molecular weight excluding hydrogens is 174 g/mol. The number of hydrogen-bond acceptors (Lipinski definition) is 3. The highest BCUT2D eigenvalue weighted by molar-refractivity contribution is 4.95. The summed E-state index contributed by atoms with van der Waals surface area (Å²) in [6, 6.07) is 0.673. The zero-order valence-electron chi connectivity index (χ0n) is 10.3. The molecule has 0 aromatic carbocycles. The van der Waals surface area contributed by atoms with Gasteiger partial charge in [0.15, 0.2) is 0 Å². The van der Waals surface area contributed by atoms with Crippen LogP contribution in [0.15, 0.2) is 0 Å². The van der Waals surface area contributed by atoms with Crippen LogP contribution in [-0.2, 0) is 0 Å². The molecule has 1 saturated heterocycles. The fraction of sp³-hybridized carbons (Fsp3) is 1.00. The molecule has 3 heteroatoms. The van der Waals surface area contributed by atoms with Crippen molar-refractivity contribution in [2.24, 2.45) is 0 Å². The van der Waals surface area contributed by atoms with Crippen molar-refractivity contribution in [2.45, 2.75) is 31.8 Å². The largest absolute Gasteiger partial charge is 0.316 e. The van der Waals surface area contributed by atoms with E-state index >= 15 is 0 Å². The average Bonchev–Trinajstić information content (AvgIpc) is 2.37. The quantitative estimate of drug-likeness (QED) is 0.716. The Kier molecular flexibility index (Phi) is 3.93. The molecule has 1 aliphatic rings. The van der Waals surface area contributed by atoms with E-state index in [1.54, 1.807) is 0 Å². The second kappa shape index (κ2) is 4.60. The van der Waals surface area contributed by atoms with E-state index in [1.165, 1.54) is 19.5 Å². The third kappa shape index (κ3) is 2.94. The monoisotopic (exact) mass is 199 g/mol. The van der Waals surface area contributed by atoms with Crippen LogP contribution in [-0.4, -0.2) is 62.2 Å². The van der Waals surface area contributed by atoms with E-state index in [9.17, 15) is 0 Å². The van der Waals surface area contributed by atoms with Gasteiger partial charge < -0.3 is 10.2 Å². The van der Waals surface area contributed by atoms with E-state index in [-0.39, 0.29) is 0 Å². The minimum atomic E-state index is 0.365. The van der Waals surface area contributed by atoms with Crippen LogP contribution in [0, 0.1) is 0 Å². The predicted octanol–water partition coefficient (Wildman–Crippen LogP) is 0.620. The summed E-state index contributed by atoms with van der Waals surface area (Å²) < 4.78 is 0. The van der Waals surface area contributed by atoms with Gasteiger partial charge in [-0.3, -0.25) is 4.90 Å². The third-order valence-electron chi connectivity index (χ3n) is 3.27. The first-order chi connectivity index (χ1) is 6.45. The molecule has 1 N–H and O–H groups in total. The van der Waals surface area contributed by atoms with Crippen LogP contribution in [0.4, 0.5) is 0 Å². The van der Waals surface area contributed by atoms with Gasteiger partial charge in [-0.15, -0.1) is 0 Å². The van der Waals surface area contributed by atoms with E-state index in [0.29, 0.717) is 11.6 Å². The van der Waals surface area contributed by atoms with Crippen LogP contribution >= 0.6 is 0 Å². The maximum absolute atomic E-state index is 3.38. The van der Waals surface area contributed by atoms with Gasteiger partial charge >= 0.3 is 0 Å². The van der Waals surface area contributed by atoms with Crippen LogP contribution in [0.1, 0.15) is 20.3 Å². The molecule has 1 unspecified atom stereocenters. The molecule has 0 spiro atoms. The predicted molar refractivity (Wildman–Crippen MR) is 61.7 cm³/mol. The van der Waals surface area contributed by atoms with Gasteiger partial charge in [-0.05, 0) is 41.4 Å². The molecule has 1 heterocycles. The zero-order chi connectivity index (χ0) is 10.8. The van der Waals surface area contributed by atoms with E-state index in [2.05, 4.69) is 50.1 Å². The van der Waals surface area contributed by atoms with Gasteiger partial charge in [-0.1, -0.05) is 0 Å². The first-order valence-corrected chi connectivity index (χ1v) is 5.53. The standard InChI is InChI=1S/C11H25N3/c1-11(2)8-10(12-3)9-14(11)7-6-13(4)5/h10,12H,6-9H2,1-5H3. The smallest absolute Gasteiger partial charge is 0.0209 e. The lowest BCUT2D eigenvalue weighted by Gasteiger charge is -2.32. The van der Waals surface area contributed by atoms with Crippen molar-refractivity contribution < 1.29 is 0 Å². The summed E-state index contributed by atoms with van der Waals surface area (Å²) in [7, 11) is 6.34. The van der Waals surface area contributed by atoms with E-state index in [1.807, 2.05) is 0 Å². The molecule has 1 atom stereocenters. The summed E-state index contributed by atoms with van der Waals surface area (Å²) in [5.41, 5.74) is 0.365. The Morgan fingerprint density at radius 3 is 2.50 bits per heavy atom. The lowest BCUT2D eigenvalue weighted by atomic mass is 10.0. The van der Waals surface area contributed by atoms with Gasteiger partial charge in [0.2, 0.25) is 0 Å². The molecular formula is C11H25N3. The Hall–Kier alpha value is -0.120. The number of rotatable bonds is 4. The number of likely N-dealkylation sites (N-methyl/N-ethyl adjacent to an activating group) is 2. The summed E-state index contributed by atoms with van der Waals surface area (Å²) in [6.07, 6.45) is 1.26. The Bertz CT molecular complexity index is 177. The first kappa shape index (κ1) is 12.0. The summed E-state index contributed by atoms with van der Waals surface area (Å²) in [4.78, 5) is 4.84.